The van der Waals surface area contributed by atoms with Crippen LogP contribution in [0.25, 0.3) is 0 Å². The maximum absolute atomic E-state index is 12.4. The highest BCUT2D eigenvalue weighted by Crippen LogP contribution is 2.25. The van der Waals surface area contributed by atoms with E-state index in [1.165, 1.54) is 0 Å². The Labute approximate surface area is 136 Å². The maximum atomic E-state index is 12.4. The fraction of sp³-hybridized carbons (Fsp3) is 0.571. The number of nitrogens with zero attached hydrogens (tertiary/aromatic N) is 2. The second-order valence-corrected chi connectivity index (χ2v) is 5.84. The number of rotatable bonds is 4. The lowest BCUT2D eigenvalue weighted by atomic mass is 10.1. The number of alkyl halides is 3. The number of halogens is 3. The SMILES string of the molecule is COC(=O)C(Cc1cnc(C(F)(F)F)nc1)NC(=O)OC(C)(C)C. The number of carbonyl (C=O) groups is 2. The predicted octanol–water partition coefficient (Wildman–Crippen LogP) is 2.10. The van der Waals surface area contributed by atoms with E-state index < -0.39 is 35.7 Å². The lowest BCUT2D eigenvalue weighted by Crippen LogP contribution is -2.45. The van der Waals surface area contributed by atoms with Crippen molar-refractivity contribution < 1.29 is 32.2 Å². The van der Waals surface area contributed by atoms with Gasteiger partial charge in [0, 0.05) is 18.8 Å². The lowest BCUT2D eigenvalue weighted by Gasteiger charge is -2.22. The Hall–Kier alpha value is -2.39. The van der Waals surface area contributed by atoms with Crippen molar-refractivity contribution in [3.8, 4) is 0 Å². The Morgan fingerprint density at radius 1 is 1.21 bits per heavy atom. The zero-order valence-corrected chi connectivity index (χ0v) is 13.6. The molecule has 1 aromatic heterocycles. The fourth-order valence-electron chi connectivity index (χ4n) is 1.63. The second kappa shape index (κ2) is 7.45. The molecule has 0 saturated carbocycles. The van der Waals surface area contributed by atoms with Crippen LogP contribution in [0.2, 0.25) is 0 Å². The van der Waals surface area contributed by atoms with E-state index in [-0.39, 0.29) is 12.0 Å². The number of alkyl carbamates (subject to hydrolysis) is 1. The third-order valence-corrected chi connectivity index (χ3v) is 2.58. The predicted molar refractivity (Wildman–Crippen MR) is 75.9 cm³/mol. The van der Waals surface area contributed by atoms with Gasteiger partial charge in [0.25, 0.3) is 0 Å². The maximum Gasteiger partial charge on any atom is 0.451 e. The molecule has 0 fully saturated rings. The zero-order chi connectivity index (χ0) is 18.5. The summed E-state index contributed by atoms with van der Waals surface area (Å²) in [6, 6.07) is -1.15. The summed E-state index contributed by atoms with van der Waals surface area (Å²) in [7, 11) is 1.12. The van der Waals surface area contributed by atoms with Crippen LogP contribution in [0.4, 0.5) is 18.0 Å². The van der Waals surface area contributed by atoms with Gasteiger partial charge in [0.1, 0.15) is 11.6 Å². The lowest BCUT2D eigenvalue weighted by molar-refractivity contribution is -0.145. The van der Waals surface area contributed by atoms with Gasteiger partial charge in [0.15, 0.2) is 0 Å². The molecule has 0 spiro atoms. The molecule has 1 heterocycles. The Morgan fingerprint density at radius 3 is 2.17 bits per heavy atom. The van der Waals surface area contributed by atoms with Crippen molar-refractivity contribution in [1.29, 1.82) is 0 Å². The molecule has 0 aliphatic carbocycles. The van der Waals surface area contributed by atoms with E-state index in [0.29, 0.717) is 0 Å². The molecule has 0 aromatic carbocycles. The monoisotopic (exact) mass is 349 g/mol. The number of methoxy groups -OCH3 is 1. The number of ether oxygens (including phenoxy) is 2. The summed E-state index contributed by atoms with van der Waals surface area (Å²) in [5, 5.41) is 2.30. The van der Waals surface area contributed by atoms with E-state index in [2.05, 4.69) is 20.0 Å². The van der Waals surface area contributed by atoms with E-state index in [4.69, 9.17) is 4.74 Å². The minimum atomic E-state index is -4.66. The van der Waals surface area contributed by atoms with Crippen molar-refractivity contribution >= 4 is 12.1 Å². The first-order valence-electron chi connectivity index (χ1n) is 6.88. The molecular weight excluding hydrogens is 331 g/mol. The number of hydrogen-bond acceptors (Lipinski definition) is 6. The molecule has 134 valence electrons. The average Bonchev–Trinajstić information content (AvgIpc) is 2.43. The Balaban J connectivity index is 2.83. The van der Waals surface area contributed by atoms with Gasteiger partial charge in [-0.05, 0) is 26.3 Å². The number of amides is 1. The first-order chi connectivity index (χ1) is 10.9. The minimum absolute atomic E-state index is 0.149. The van der Waals surface area contributed by atoms with Crippen molar-refractivity contribution in [3.63, 3.8) is 0 Å². The van der Waals surface area contributed by atoms with Gasteiger partial charge in [-0.1, -0.05) is 0 Å². The zero-order valence-electron chi connectivity index (χ0n) is 13.6. The van der Waals surface area contributed by atoms with E-state index in [9.17, 15) is 22.8 Å². The summed E-state index contributed by atoms with van der Waals surface area (Å²) >= 11 is 0. The summed E-state index contributed by atoms with van der Waals surface area (Å²) in [6.45, 7) is 4.93. The molecule has 7 nitrogen and oxygen atoms in total. The van der Waals surface area contributed by atoms with Crippen LogP contribution in [-0.2, 0) is 26.9 Å². The van der Waals surface area contributed by atoms with E-state index >= 15 is 0 Å². The van der Waals surface area contributed by atoms with Crippen LogP contribution in [0.3, 0.4) is 0 Å². The third kappa shape index (κ3) is 6.39. The van der Waals surface area contributed by atoms with Crippen LogP contribution in [-0.4, -0.2) is 40.8 Å². The van der Waals surface area contributed by atoms with Crippen LogP contribution < -0.4 is 5.32 Å². The summed E-state index contributed by atoms with van der Waals surface area (Å²) in [4.78, 5) is 29.9. The summed E-state index contributed by atoms with van der Waals surface area (Å²) in [5.74, 6) is -2.07. The van der Waals surface area contributed by atoms with Crippen molar-refractivity contribution in [2.45, 2.75) is 45.0 Å². The summed E-state index contributed by atoms with van der Waals surface area (Å²) in [5.41, 5.74) is -0.558. The third-order valence-electron chi connectivity index (χ3n) is 2.58. The van der Waals surface area contributed by atoms with Crippen LogP contribution in [0.5, 0.6) is 0 Å². The first-order valence-corrected chi connectivity index (χ1v) is 6.88. The molecule has 0 saturated heterocycles. The second-order valence-electron chi connectivity index (χ2n) is 5.84. The molecule has 1 unspecified atom stereocenters. The van der Waals surface area contributed by atoms with Gasteiger partial charge in [0.2, 0.25) is 5.82 Å². The molecule has 1 aromatic rings. The van der Waals surface area contributed by atoms with Crippen LogP contribution >= 0.6 is 0 Å². The van der Waals surface area contributed by atoms with Crippen molar-refractivity contribution in [1.82, 2.24) is 15.3 Å². The highest BCUT2D eigenvalue weighted by atomic mass is 19.4. The molecule has 1 atom stereocenters. The first kappa shape index (κ1) is 19.7. The van der Waals surface area contributed by atoms with Gasteiger partial charge >= 0.3 is 18.2 Å². The van der Waals surface area contributed by atoms with Crippen molar-refractivity contribution in [2.24, 2.45) is 0 Å². The number of aromatic nitrogens is 2. The van der Waals surface area contributed by atoms with E-state index in [1.807, 2.05) is 0 Å². The Morgan fingerprint density at radius 2 is 1.75 bits per heavy atom. The summed E-state index contributed by atoms with van der Waals surface area (Å²) < 4.78 is 46.9. The van der Waals surface area contributed by atoms with E-state index in [1.54, 1.807) is 20.8 Å². The number of esters is 1. The Bertz CT molecular complexity index is 582. The molecule has 24 heavy (non-hydrogen) atoms. The molecule has 0 aliphatic rings. The number of nitrogens with one attached hydrogen (secondary N) is 1. The van der Waals surface area contributed by atoms with Crippen molar-refractivity contribution in [2.75, 3.05) is 7.11 Å². The van der Waals surface area contributed by atoms with E-state index in [0.717, 1.165) is 19.5 Å². The quantitative estimate of drug-likeness (QED) is 0.837. The van der Waals surface area contributed by atoms with Crippen molar-refractivity contribution in [3.05, 3.63) is 23.8 Å². The molecule has 0 radical (unpaired) electrons. The average molecular weight is 349 g/mol. The van der Waals surface area contributed by atoms with Gasteiger partial charge in [-0.25, -0.2) is 19.6 Å². The minimum Gasteiger partial charge on any atom is -0.467 e. The molecule has 1 N–H and O–H groups in total. The normalized spacial score (nSPS) is 13.1. The molecule has 10 heteroatoms. The van der Waals surface area contributed by atoms with Gasteiger partial charge in [-0.15, -0.1) is 0 Å². The van der Waals surface area contributed by atoms with Gasteiger partial charge in [-0.3, -0.25) is 0 Å². The molecule has 1 rings (SSSR count). The molecular formula is C14H18F3N3O4. The molecule has 0 aliphatic heterocycles. The Kier molecular flexibility index (Phi) is 6.10. The summed E-state index contributed by atoms with van der Waals surface area (Å²) in [6.07, 6.45) is -3.80. The van der Waals surface area contributed by atoms with Gasteiger partial charge in [0.05, 0.1) is 7.11 Å². The number of carbonyl (C=O) groups excluding carboxylic acids is 2. The highest BCUT2D eigenvalue weighted by molar-refractivity contribution is 5.81. The fourth-order valence-corrected chi connectivity index (χ4v) is 1.63. The largest absolute Gasteiger partial charge is 0.467 e. The van der Waals surface area contributed by atoms with Crippen LogP contribution in [0.15, 0.2) is 12.4 Å². The van der Waals surface area contributed by atoms with Crippen LogP contribution in [0.1, 0.15) is 32.2 Å². The molecule has 1 amide bonds. The van der Waals surface area contributed by atoms with Crippen LogP contribution in [0, 0.1) is 0 Å². The van der Waals surface area contributed by atoms with Gasteiger partial charge < -0.3 is 14.8 Å². The molecule has 0 bridgehead atoms. The highest BCUT2D eigenvalue weighted by Gasteiger charge is 2.34. The standard InChI is InChI=1S/C14H18F3N3O4/c1-13(2,3)24-12(22)20-9(10(21)23-4)5-8-6-18-11(19-7-8)14(15,16)17/h6-7,9H,5H2,1-4H3,(H,20,22). The number of hydrogen-bond donors (Lipinski definition) is 1. The smallest absolute Gasteiger partial charge is 0.451 e. The van der Waals surface area contributed by atoms with Gasteiger partial charge in [-0.2, -0.15) is 13.2 Å². The topological polar surface area (TPSA) is 90.4 Å².